The Kier molecular flexibility index (Phi) is 4.99. The van der Waals surface area contributed by atoms with Gasteiger partial charge in [0.15, 0.2) is 0 Å². The predicted molar refractivity (Wildman–Crippen MR) is 73.0 cm³/mol. The molecular weight excluding hydrogens is 220 g/mol. The summed E-state index contributed by atoms with van der Waals surface area (Å²) >= 11 is 1.87. The molecule has 1 aromatic heterocycles. The van der Waals surface area contributed by atoms with Gasteiger partial charge in [-0.2, -0.15) is 16.9 Å². The summed E-state index contributed by atoms with van der Waals surface area (Å²) in [7, 11) is 1.93. The summed E-state index contributed by atoms with van der Waals surface area (Å²) in [5.74, 6) is 2.74. The molecule has 0 fully saturated rings. The van der Waals surface area contributed by atoms with Gasteiger partial charge >= 0.3 is 0 Å². The van der Waals surface area contributed by atoms with Gasteiger partial charge in [0.25, 0.3) is 0 Å². The standard InChI is InChI=1S/C11H22N4S/c1-5-9-10(12)11(15(3)14-9)13-6-8(2)7-16-4/h8,13H,5-7,12H2,1-4H3. The van der Waals surface area contributed by atoms with E-state index in [0.717, 1.165) is 35.9 Å². The smallest absolute Gasteiger partial charge is 0.147 e. The molecule has 1 aromatic rings. The molecule has 1 heterocycles. The van der Waals surface area contributed by atoms with Crippen LogP contribution in [0.1, 0.15) is 19.5 Å². The van der Waals surface area contributed by atoms with Crippen molar-refractivity contribution in [2.75, 3.05) is 29.6 Å². The second-order valence-electron chi connectivity index (χ2n) is 4.13. The van der Waals surface area contributed by atoms with Crippen molar-refractivity contribution in [3.63, 3.8) is 0 Å². The average molecular weight is 242 g/mol. The van der Waals surface area contributed by atoms with Crippen LogP contribution < -0.4 is 11.1 Å². The molecular formula is C11H22N4S. The highest BCUT2D eigenvalue weighted by Crippen LogP contribution is 2.22. The van der Waals surface area contributed by atoms with Crippen LogP contribution in [0.25, 0.3) is 0 Å². The molecule has 0 aliphatic rings. The molecule has 0 saturated carbocycles. The molecule has 0 spiro atoms. The number of nitrogens with two attached hydrogens (primary N) is 1. The molecule has 1 unspecified atom stereocenters. The monoisotopic (exact) mass is 242 g/mol. The normalized spacial score (nSPS) is 12.8. The van der Waals surface area contributed by atoms with Gasteiger partial charge in [-0.1, -0.05) is 13.8 Å². The van der Waals surface area contributed by atoms with Crippen molar-refractivity contribution in [2.24, 2.45) is 13.0 Å². The first-order valence-electron chi connectivity index (χ1n) is 5.64. The molecule has 0 bridgehead atoms. The largest absolute Gasteiger partial charge is 0.394 e. The predicted octanol–water partition coefficient (Wildman–Crippen LogP) is 1.98. The Morgan fingerprint density at radius 2 is 2.25 bits per heavy atom. The molecule has 1 atom stereocenters. The lowest BCUT2D eigenvalue weighted by atomic mass is 10.2. The molecule has 3 N–H and O–H groups in total. The van der Waals surface area contributed by atoms with Crippen LogP contribution in [-0.2, 0) is 13.5 Å². The van der Waals surface area contributed by atoms with Gasteiger partial charge in [0.05, 0.1) is 11.4 Å². The van der Waals surface area contributed by atoms with Crippen LogP contribution >= 0.6 is 11.8 Å². The number of hydrogen-bond donors (Lipinski definition) is 2. The van der Waals surface area contributed by atoms with E-state index in [1.54, 1.807) is 0 Å². The number of rotatable bonds is 6. The first-order chi connectivity index (χ1) is 7.60. The van der Waals surface area contributed by atoms with Crippen molar-refractivity contribution in [3.05, 3.63) is 5.69 Å². The Hall–Kier alpha value is -0.840. The number of nitrogens with one attached hydrogen (secondary N) is 1. The van der Waals surface area contributed by atoms with Crippen molar-refractivity contribution in [3.8, 4) is 0 Å². The lowest BCUT2D eigenvalue weighted by molar-refractivity contribution is 0.684. The number of nitrogen functional groups attached to an aromatic ring is 1. The lowest BCUT2D eigenvalue weighted by Gasteiger charge is -2.12. The number of hydrogen-bond acceptors (Lipinski definition) is 4. The first kappa shape index (κ1) is 13.2. The minimum Gasteiger partial charge on any atom is -0.394 e. The number of thioether (sulfide) groups is 1. The van der Waals surface area contributed by atoms with E-state index < -0.39 is 0 Å². The van der Waals surface area contributed by atoms with E-state index in [2.05, 4.69) is 30.5 Å². The highest BCUT2D eigenvalue weighted by Gasteiger charge is 2.12. The van der Waals surface area contributed by atoms with Gasteiger partial charge in [-0.15, -0.1) is 0 Å². The Morgan fingerprint density at radius 1 is 1.56 bits per heavy atom. The summed E-state index contributed by atoms with van der Waals surface area (Å²) in [5, 5.41) is 7.76. The number of aryl methyl sites for hydroxylation is 2. The third-order valence-corrected chi connectivity index (χ3v) is 3.47. The molecule has 16 heavy (non-hydrogen) atoms. The van der Waals surface area contributed by atoms with Gasteiger partial charge < -0.3 is 11.1 Å². The maximum atomic E-state index is 6.02. The highest BCUT2D eigenvalue weighted by molar-refractivity contribution is 7.98. The quantitative estimate of drug-likeness (QED) is 0.801. The SMILES string of the molecule is CCc1nn(C)c(NCC(C)CSC)c1N. The van der Waals surface area contributed by atoms with Crippen LogP contribution in [0.4, 0.5) is 11.5 Å². The molecule has 5 heteroatoms. The third-order valence-electron chi connectivity index (χ3n) is 2.56. The van der Waals surface area contributed by atoms with Gasteiger partial charge in [0, 0.05) is 13.6 Å². The lowest BCUT2D eigenvalue weighted by Crippen LogP contribution is -2.16. The summed E-state index contributed by atoms with van der Waals surface area (Å²) in [6.45, 7) is 5.24. The third kappa shape index (κ3) is 3.07. The topological polar surface area (TPSA) is 55.9 Å². The van der Waals surface area contributed by atoms with Crippen molar-refractivity contribution >= 4 is 23.3 Å². The Morgan fingerprint density at radius 3 is 2.75 bits per heavy atom. The van der Waals surface area contributed by atoms with Gasteiger partial charge in [0.1, 0.15) is 5.82 Å². The van der Waals surface area contributed by atoms with Crippen LogP contribution in [0.15, 0.2) is 0 Å². The van der Waals surface area contributed by atoms with E-state index >= 15 is 0 Å². The maximum absolute atomic E-state index is 6.02. The summed E-state index contributed by atoms with van der Waals surface area (Å²) in [6.07, 6.45) is 3.01. The zero-order chi connectivity index (χ0) is 12.1. The van der Waals surface area contributed by atoms with E-state index in [0.29, 0.717) is 5.92 Å². The zero-order valence-corrected chi connectivity index (χ0v) is 11.4. The molecule has 1 rings (SSSR count). The average Bonchev–Trinajstić information content (AvgIpc) is 2.52. The zero-order valence-electron chi connectivity index (χ0n) is 10.6. The molecule has 92 valence electrons. The molecule has 0 saturated heterocycles. The summed E-state index contributed by atoms with van der Waals surface area (Å²) in [5.41, 5.74) is 7.79. The Labute approximate surface area is 102 Å². The highest BCUT2D eigenvalue weighted by atomic mass is 32.2. The molecule has 0 aromatic carbocycles. The van der Waals surface area contributed by atoms with E-state index in [1.165, 1.54) is 0 Å². The van der Waals surface area contributed by atoms with Gasteiger partial charge in [-0.3, -0.25) is 4.68 Å². The first-order valence-corrected chi connectivity index (χ1v) is 7.03. The minimum absolute atomic E-state index is 0.634. The van der Waals surface area contributed by atoms with E-state index in [1.807, 2.05) is 23.5 Å². The van der Waals surface area contributed by atoms with Crippen molar-refractivity contribution in [2.45, 2.75) is 20.3 Å². The summed E-state index contributed by atoms with van der Waals surface area (Å²) < 4.78 is 1.83. The van der Waals surface area contributed by atoms with E-state index in [-0.39, 0.29) is 0 Å². The fourth-order valence-corrected chi connectivity index (χ4v) is 2.37. The molecule has 0 aliphatic heterocycles. The van der Waals surface area contributed by atoms with Crippen LogP contribution in [0, 0.1) is 5.92 Å². The van der Waals surface area contributed by atoms with Crippen LogP contribution in [0.3, 0.4) is 0 Å². The van der Waals surface area contributed by atoms with Gasteiger partial charge in [0.2, 0.25) is 0 Å². The van der Waals surface area contributed by atoms with Gasteiger partial charge in [-0.05, 0) is 24.3 Å². The second-order valence-corrected chi connectivity index (χ2v) is 5.04. The van der Waals surface area contributed by atoms with E-state index in [4.69, 9.17) is 5.73 Å². The summed E-state index contributed by atoms with van der Waals surface area (Å²) in [4.78, 5) is 0. The van der Waals surface area contributed by atoms with Crippen LogP contribution in [-0.4, -0.2) is 28.3 Å². The van der Waals surface area contributed by atoms with Crippen molar-refractivity contribution in [1.29, 1.82) is 0 Å². The molecule has 0 aliphatic carbocycles. The summed E-state index contributed by atoms with van der Waals surface area (Å²) in [6, 6.07) is 0. The number of aromatic nitrogens is 2. The van der Waals surface area contributed by atoms with Crippen molar-refractivity contribution < 1.29 is 0 Å². The van der Waals surface area contributed by atoms with Crippen LogP contribution in [0.5, 0.6) is 0 Å². The Balaban J connectivity index is 2.63. The van der Waals surface area contributed by atoms with E-state index in [9.17, 15) is 0 Å². The van der Waals surface area contributed by atoms with Crippen molar-refractivity contribution in [1.82, 2.24) is 9.78 Å². The number of nitrogens with zero attached hydrogens (tertiary/aromatic N) is 2. The second kappa shape index (κ2) is 6.03. The fraction of sp³-hybridized carbons (Fsp3) is 0.727. The molecule has 0 amide bonds. The van der Waals surface area contributed by atoms with Gasteiger partial charge in [-0.25, -0.2) is 0 Å². The minimum atomic E-state index is 0.634. The number of anilines is 2. The van der Waals surface area contributed by atoms with Crippen LogP contribution in [0.2, 0.25) is 0 Å². The maximum Gasteiger partial charge on any atom is 0.147 e. The fourth-order valence-electron chi connectivity index (χ4n) is 1.68. The Bertz CT molecular complexity index is 335. The molecule has 4 nitrogen and oxygen atoms in total. The molecule has 0 radical (unpaired) electrons.